The Bertz CT molecular complexity index is 207. The Morgan fingerprint density at radius 3 is 1.90 bits per heavy atom. The van der Waals surface area contributed by atoms with Crippen LogP contribution in [-0.4, -0.2) is 10.7 Å². The normalized spacial score (nSPS) is 26.3. The van der Waals surface area contributed by atoms with Crippen LogP contribution in [0.4, 0.5) is 0 Å². The number of hydrogen-bond donors (Lipinski definition) is 4. The number of nitrogens with zero attached hydrogens (tertiary/aromatic N) is 1. The predicted molar refractivity (Wildman–Crippen MR) is 32.6 cm³/mol. The molecule has 7 nitrogen and oxygen atoms in total. The Kier molecular flexibility index (Phi) is 1.17. The van der Waals surface area contributed by atoms with Crippen molar-refractivity contribution in [3.8, 4) is 0 Å². The van der Waals surface area contributed by atoms with Gasteiger partial charge in [0.2, 0.25) is 0 Å². The van der Waals surface area contributed by atoms with Crippen molar-refractivity contribution in [2.45, 2.75) is 0 Å². The van der Waals surface area contributed by atoms with Crippen molar-refractivity contribution in [3.05, 3.63) is 22.1 Å². The molecule has 1 aliphatic rings. The van der Waals surface area contributed by atoms with Crippen LogP contribution in [0.2, 0.25) is 0 Å². The predicted octanol–water partition coefficient (Wildman–Crippen LogP) is -3.75. The molecule has 0 aromatic rings. The van der Waals surface area contributed by atoms with E-state index in [1.165, 1.54) is 0 Å². The maximum absolute atomic E-state index is 10.7. The highest BCUT2D eigenvalue weighted by molar-refractivity contribution is 5.66. The zero-order valence-electron chi connectivity index (χ0n) is 5.00. The SMILES string of the molecule is NC1=C(N)[NH+]([O-])C(N)=[N+]1[O-]. The summed E-state index contributed by atoms with van der Waals surface area (Å²) >= 11 is 0. The number of nitrogens with one attached hydrogen (secondary N) is 1. The molecule has 1 unspecified atom stereocenters. The van der Waals surface area contributed by atoms with Crippen LogP contribution in [0.15, 0.2) is 11.6 Å². The first kappa shape index (κ1) is 6.65. The lowest BCUT2D eigenvalue weighted by atomic mass is 10.7. The summed E-state index contributed by atoms with van der Waals surface area (Å²) in [5.74, 6) is -1.09. The van der Waals surface area contributed by atoms with Gasteiger partial charge in [-0.1, -0.05) is 0 Å². The third-order valence-corrected chi connectivity index (χ3v) is 1.19. The smallest absolute Gasteiger partial charge is 0.399 e. The molecule has 0 radical (unpaired) electrons. The highest BCUT2D eigenvalue weighted by atomic mass is 16.5. The van der Waals surface area contributed by atoms with E-state index in [0.717, 1.165) is 0 Å². The van der Waals surface area contributed by atoms with Crippen LogP contribution in [-0.2, 0) is 0 Å². The number of nitrogens with two attached hydrogens (primary N) is 3. The van der Waals surface area contributed by atoms with E-state index < -0.39 is 11.0 Å². The van der Waals surface area contributed by atoms with Crippen molar-refractivity contribution in [3.63, 3.8) is 0 Å². The van der Waals surface area contributed by atoms with Crippen molar-refractivity contribution < 1.29 is 9.80 Å². The van der Waals surface area contributed by atoms with Crippen LogP contribution in [0.3, 0.4) is 0 Å². The van der Waals surface area contributed by atoms with Gasteiger partial charge < -0.3 is 21.9 Å². The standard InChI is InChI=1S/C3H7N5O2/c4-1-2(5)8(10)3(6)7(1)9/h7H,4-6H2. The summed E-state index contributed by atoms with van der Waals surface area (Å²) in [6.45, 7) is 0. The van der Waals surface area contributed by atoms with Crippen molar-refractivity contribution in [2.24, 2.45) is 17.2 Å². The summed E-state index contributed by atoms with van der Waals surface area (Å²) in [6, 6.07) is 0. The molecule has 0 saturated heterocycles. The highest BCUT2D eigenvalue weighted by Gasteiger charge is 2.27. The van der Waals surface area contributed by atoms with Crippen molar-refractivity contribution in [2.75, 3.05) is 0 Å². The maximum atomic E-state index is 10.7. The first-order chi connectivity index (χ1) is 4.55. The number of hydroxylamine groups is 3. The third-order valence-electron chi connectivity index (χ3n) is 1.19. The molecule has 10 heavy (non-hydrogen) atoms. The second kappa shape index (κ2) is 1.75. The molecule has 1 heterocycles. The first-order valence-corrected chi connectivity index (χ1v) is 2.45. The topological polar surface area (TPSA) is 132 Å². The average Bonchev–Trinajstić information content (AvgIpc) is 2.07. The summed E-state index contributed by atoms with van der Waals surface area (Å²) < 4.78 is 0.109. The summed E-state index contributed by atoms with van der Waals surface area (Å²) in [7, 11) is 0. The lowest BCUT2D eigenvalue weighted by Gasteiger charge is -2.10. The monoisotopic (exact) mass is 145 g/mol. The largest absolute Gasteiger partial charge is 0.736 e. The van der Waals surface area contributed by atoms with Gasteiger partial charge in [0.1, 0.15) is 0 Å². The highest BCUT2D eigenvalue weighted by Crippen LogP contribution is 1.89. The van der Waals surface area contributed by atoms with Crippen LogP contribution in [0.1, 0.15) is 0 Å². The Morgan fingerprint density at radius 2 is 1.80 bits per heavy atom. The fraction of sp³-hybridized carbons (Fsp3) is 0. The lowest BCUT2D eigenvalue weighted by Crippen LogP contribution is -3.10. The minimum atomic E-state index is -0.701. The zero-order valence-corrected chi connectivity index (χ0v) is 5.00. The molecule has 7 N–H and O–H groups in total. The van der Waals surface area contributed by atoms with E-state index in [0.29, 0.717) is 0 Å². The minimum absolute atomic E-state index is 0.109. The van der Waals surface area contributed by atoms with E-state index in [9.17, 15) is 10.4 Å². The second-order valence-corrected chi connectivity index (χ2v) is 1.81. The van der Waals surface area contributed by atoms with Crippen LogP contribution < -0.4 is 22.3 Å². The van der Waals surface area contributed by atoms with E-state index in [-0.39, 0.29) is 16.4 Å². The molecule has 0 saturated carbocycles. The molecule has 0 spiro atoms. The molecule has 0 aromatic carbocycles. The zero-order chi connectivity index (χ0) is 7.89. The average molecular weight is 145 g/mol. The van der Waals surface area contributed by atoms with E-state index in [2.05, 4.69) is 0 Å². The van der Waals surface area contributed by atoms with Crippen LogP contribution in [0.25, 0.3) is 0 Å². The van der Waals surface area contributed by atoms with Crippen LogP contribution in [0, 0.1) is 10.4 Å². The molecule has 1 rings (SSSR count). The van der Waals surface area contributed by atoms with Gasteiger partial charge in [-0.2, -0.15) is 4.74 Å². The van der Waals surface area contributed by atoms with Gasteiger partial charge in [0, 0.05) is 0 Å². The van der Waals surface area contributed by atoms with E-state index in [4.69, 9.17) is 17.2 Å². The van der Waals surface area contributed by atoms with E-state index in [1.54, 1.807) is 0 Å². The molecule has 7 heteroatoms. The Morgan fingerprint density at radius 1 is 1.30 bits per heavy atom. The van der Waals surface area contributed by atoms with Gasteiger partial charge in [-0.25, -0.2) is 5.06 Å². The number of rotatable bonds is 0. The molecular formula is C3H7N5O2. The molecule has 0 amide bonds. The number of hydrogen-bond acceptors (Lipinski definition) is 5. The minimum Gasteiger partial charge on any atom is -0.736 e. The molecule has 0 aliphatic carbocycles. The molecular weight excluding hydrogens is 138 g/mol. The van der Waals surface area contributed by atoms with Crippen molar-refractivity contribution >= 4 is 5.96 Å². The molecule has 1 aliphatic heterocycles. The number of quaternary nitrogens is 1. The van der Waals surface area contributed by atoms with Crippen molar-refractivity contribution in [1.29, 1.82) is 0 Å². The van der Waals surface area contributed by atoms with Gasteiger partial charge in [0.05, 0.1) is 0 Å². The maximum Gasteiger partial charge on any atom is 0.399 e. The van der Waals surface area contributed by atoms with Gasteiger partial charge in [-0.05, 0) is 0 Å². The molecule has 0 aromatic heterocycles. The van der Waals surface area contributed by atoms with E-state index >= 15 is 0 Å². The summed E-state index contributed by atoms with van der Waals surface area (Å²) in [6.07, 6.45) is 0. The van der Waals surface area contributed by atoms with Crippen molar-refractivity contribution in [1.82, 2.24) is 0 Å². The fourth-order valence-electron chi connectivity index (χ4n) is 0.586. The first-order valence-electron chi connectivity index (χ1n) is 2.45. The van der Waals surface area contributed by atoms with Gasteiger partial charge in [0.15, 0.2) is 0 Å². The van der Waals surface area contributed by atoms with Gasteiger partial charge >= 0.3 is 11.8 Å². The Labute approximate surface area is 56.2 Å². The Hall–Kier alpha value is -1.47. The quantitative estimate of drug-likeness (QED) is 0.205. The van der Waals surface area contributed by atoms with Crippen LogP contribution in [0.5, 0.6) is 0 Å². The molecule has 0 fully saturated rings. The van der Waals surface area contributed by atoms with Gasteiger partial charge in [-0.15, -0.1) is 0 Å². The fourth-order valence-corrected chi connectivity index (χ4v) is 0.586. The second-order valence-electron chi connectivity index (χ2n) is 1.81. The summed E-state index contributed by atoms with van der Waals surface area (Å²) in [4.78, 5) is 0. The molecule has 56 valence electrons. The van der Waals surface area contributed by atoms with Gasteiger partial charge in [-0.3, -0.25) is 5.73 Å². The van der Waals surface area contributed by atoms with Crippen LogP contribution >= 0.6 is 0 Å². The van der Waals surface area contributed by atoms with Gasteiger partial charge in [0.25, 0.3) is 5.82 Å². The molecule has 0 bridgehead atoms. The summed E-state index contributed by atoms with van der Waals surface area (Å²) in [5.41, 5.74) is 15.1. The Balaban J connectivity index is 3.09. The molecule has 1 atom stereocenters. The number of guanidine groups is 1. The lowest BCUT2D eigenvalue weighted by molar-refractivity contribution is -0.714. The third kappa shape index (κ3) is 0.582. The summed E-state index contributed by atoms with van der Waals surface area (Å²) in [5, 5.41) is 20.6. The van der Waals surface area contributed by atoms with E-state index in [1.807, 2.05) is 0 Å².